The summed E-state index contributed by atoms with van der Waals surface area (Å²) in [5, 5.41) is 5.78. The predicted octanol–water partition coefficient (Wildman–Crippen LogP) is 3.92. The number of carbonyl (C=O) groups is 1. The maximum Gasteiger partial charge on any atom is 0.408 e. The lowest BCUT2D eigenvalue weighted by molar-refractivity contribution is 0.0470. The van der Waals surface area contributed by atoms with Crippen LogP contribution < -0.4 is 10.6 Å². The Morgan fingerprint density at radius 2 is 1.70 bits per heavy atom. The summed E-state index contributed by atoms with van der Waals surface area (Å²) in [7, 11) is 0. The minimum Gasteiger partial charge on any atom is -0.444 e. The molecule has 0 saturated heterocycles. The van der Waals surface area contributed by atoms with Crippen LogP contribution in [0.5, 0.6) is 0 Å². The third-order valence-corrected chi connectivity index (χ3v) is 3.12. The van der Waals surface area contributed by atoms with Crippen LogP contribution in [0.2, 0.25) is 0 Å². The van der Waals surface area contributed by atoms with Crippen LogP contribution in [0.4, 0.5) is 13.6 Å². The Balaban J connectivity index is 2.63. The molecule has 23 heavy (non-hydrogen) atoms. The summed E-state index contributed by atoms with van der Waals surface area (Å²) in [6, 6.07) is 3.24. The Kier molecular flexibility index (Phi) is 6.11. The van der Waals surface area contributed by atoms with E-state index in [4.69, 9.17) is 4.74 Å². The summed E-state index contributed by atoms with van der Waals surface area (Å²) < 4.78 is 32.7. The average Bonchev–Trinajstić information content (AvgIpc) is 2.33. The lowest BCUT2D eigenvalue weighted by Crippen LogP contribution is -2.52. The first kappa shape index (κ1) is 19.4. The van der Waals surface area contributed by atoms with Gasteiger partial charge in [0.25, 0.3) is 0 Å². The molecule has 6 heteroatoms. The fraction of sp³-hybridized carbons (Fsp3) is 0.588. The van der Waals surface area contributed by atoms with Gasteiger partial charge in [-0.05, 0) is 53.7 Å². The zero-order chi connectivity index (χ0) is 17.8. The number of alkyl carbamates (subject to hydrolysis) is 1. The summed E-state index contributed by atoms with van der Waals surface area (Å²) in [4.78, 5) is 11.8. The Hall–Kier alpha value is -1.69. The summed E-state index contributed by atoms with van der Waals surface area (Å²) in [5.41, 5.74) is -1.24. The number of carbonyl (C=O) groups excluding carboxylic acids is 1. The van der Waals surface area contributed by atoms with Gasteiger partial charge in [-0.25, -0.2) is 13.6 Å². The summed E-state index contributed by atoms with van der Waals surface area (Å²) in [5.74, 6) is -1.19. The van der Waals surface area contributed by atoms with E-state index in [0.29, 0.717) is 6.54 Å². The third-order valence-electron chi connectivity index (χ3n) is 3.12. The van der Waals surface area contributed by atoms with Crippen LogP contribution in [0.15, 0.2) is 18.2 Å². The molecule has 130 valence electrons. The van der Waals surface area contributed by atoms with E-state index in [1.165, 1.54) is 18.2 Å². The van der Waals surface area contributed by atoms with Gasteiger partial charge < -0.3 is 15.4 Å². The number of hydrogen-bond donors (Lipinski definition) is 2. The second-order valence-corrected chi connectivity index (χ2v) is 7.25. The molecule has 0 saturated carbocycles. The van der Waals surface area contributed by atoms with E-state index in [1.807, 2.05) is 0 Å². The first-order valence-electron chi connectivity index (χ1n) is 7.60. The molecular formula is C17H26F2N2O2. The molecule has 0 aliphatic rings. The van der Waals surface area contributed by atoms with Gasteiger partial charge in [-0.1, -0.05) is 6.07 Å². The van der Waals surface area contributed by atoms with E-state index in [9.17, 15) is 13.6 Å². The molecule has 1 amide bonds. The summed E-state index contributed by atoms with van der Waals surface area (Å²) >= 11 is 0. The highest BCUT2D eigenvalue weighted by Gasteiger charge is 2.26. The average molecular weight is 328 g/mol. The van der Waals surface area contributed by atoms with E-state index in [1.54, 1.807) is 41.5 Å². The highest BCUT2D eigenvalue weighted by molar-refractivity contribution is 5.68. The van der Waals surface area contributed by atoms with Crippen molar-refractivity contribution < 1.29 is 18.3 Å². The van der Waals surface area contributed by atoms with Crippen LogP contribution in [-0.4, -0.2) is 23.8 Å². The second-order valence-electron chi connectivity index (χ2n) is 7.25. The van der Waals surface area contributed by atoms with E-state index in [0.717, 1.165) is 0 Å². The Morgan fingerprint density at radius 3 is 2.17 bits per heavy atom. The normalized spacial score (nSPS) is 13.6. The number of benzene rings is 1. The number of ether oxygens (including phenoxy) is 1. The maximum atomic E-state index is 13.7. The molecule has 2 N–H and O–H groups in total. The molecule has 0 fully saturated rings. The quantitative estimate of drug-likeness (QED) is 0.861. The maximum absolute atomic E-state index is 13.7. The van der Waals surface area contributed by atoms with Crippen molar-refractivity contribution in [3.05, 3.63) is 35.4 Å². The van der Waals surface area contributed by atoms with E-state index < -0.39 is 34.9 Å². The highest BCUT2D eigenvalue weighted by Crippen LogP contribution is 2.20. The van der Waals surface area contributed by atoms with E-state index in [-0.39, 0.29) is 5.56 Å². The van der Waals surface area contributed by atoms with Gasteiger partial charge in [0.15, 0.2) is 0 Å². The second kappa shape index (κ2) is 7.25. The Bertz CT molecular complexity index is 534. The van der Waals surface area contributed by atoms with E-state index in [2.05, 4.69) is 10.6 Å². The molecule has 0 aromatic heterocycles. The van der Waals surface area contributed by atoms with Gasteiger partial charge in [0.05, 0.1) is 5.54 Å². The smallest absolute Gasteiger partial charge is 0.408 e. The number of rotatable bonds is 5. The van der Waals surface area contributed by atoms with Crippen molar-refractivity contribution >= 4 is 6.09 Å². The van der Waals surface area contributed by atoms with Crippen LogP contribution >= 0.6 is 0 Å². The minimum atomic E-state index is -0.641. The zero-order valence-corrected chi connectivity index (χ0v) is 14.6. The lowest BCUT2D eigenvalue weighted by atomic mass is 10.0. The number of amides is 1. The fourth-order valence-corrected chi connectivity index (χ4v) is 2.06. The Labute approximate surface area is 136 Å². The largest absolute Gasteiger partial charge is 0.444 e. The highest BCUT2D eigenvalue weighted by atomic mass is 19.1. The van der Waals surface area contributed by atoms with Gasteiger partial charge in [-0.15, -0.1) is 0 Å². The molecule has 1 aromatic rings. The number of nitrogens with one attached hydrogen (secondary N) is 2. The molecular weight excluding hydrogens is 302 g/mol. The molecule has 0 bridgehead atoms. The first-order chi connectivity index (χ1) is 10.4. The topological polar surface area (TPSA) is 50.4 Å². The van der Waals surface area contributed by atoms with Crippen molar-refractivity contribution in [2.24, 2.45) is 0 Å². The summed E-state index contributed by atoms with van der Waals surface area (Å²) in [6.07, 6.45) is -0.533. The molecule has 4 nitrogen and oxygen atoms in total. The van der Waals surface area contributed by atoms with Gasteiger partial charge in [0.1, 0.15) is 17.2 Å². The van der Waals surface area contributed by atoms with Crippen molar-refractivity contribution in [3.8, 4) is 0 Å². The molecule has 0 heterocycles. The molecule has 1 atom stereocenters. The van der Waals surface area contributed by atoms with Gasteiger partial charge in [-0.2, -0.15) is 0 Å². The molecule has 0 radical (unpaired) electrons. The van der Waals surface area contributed by atoms with Crippen LogP contribution in [0.1, 0.15) is 53.1 Å². The van der Waals surface area contributed by atoms with Crippen molar-refractivity contribution in [2.75, 3.05) is 6.54 Å². The van der Waals surface area contributed by atoms with Gasteiger partial charge >= 0.3 is 6.09 Å². The van der Waals surface area contributed by atoms with Crippen molar-refractivity contribution in [1.82, 2.24) is 10.6 Å². The monoisotopic (exact) mass is 328 g/mol. The van der Waals surface area contributed by atoms with Crippen molar-refractivity contribution in [1.29, 1.82) is 0 Å². The molecule has 0 spiro atoms. The first-order valence-corrected chi connectivity index (χ1v) is 7.60. The van der Waals surface area contributed by atoms with Crippen LogP contribution in [0.25, 0.3) is 0 Å². The zero-order valence-electron chi connectivity index (χ0n) is 14.6. The van der Waals surface area contributed by atoms with Crippen molar-refractivity contribution in [2.45, 2.75) is 58.7 Å². The minimum absolute atomic E-state index is 0.0134. The van der Waals surface area contributed by atoms with Crippen LogP contribution in [0.3, 0.4) is 0 Å². The predicted molar refractivity (Wildman–Crippen MR) is 86.2 cm³/mol. The Morgan fingerprint density at radius 1 is 1.17 bits per heavy atom. The van der Waals surface area contributed by atoms with Crippen LogP contribution in [-0.2, 0) is 4.74 Å². The van der Waals surface area contributed by atoms with E-state index >= 15 is 0 Å². The molecule has 1 unspecified atom stereocenters. The summed E-state index contributed by atoms with van der Waals surface area (Å²) in [6.45, 7) is 10.9. The molecule has 1 aromatic carbocycles. The van der Waals surface area contributed by atoms with Gasteiger partial charge in [0.2, 0.25) is 0 Å². The van der Waals surface area contributed by atoms with Crippen LogP contribution in [0, 0.1) is 11.6 Å². The standard InChI is InChI=1S/C17H26F2N2O2/c1-11(14-12(18)8-7-9-13(14)19)20-10-17(5,6)21-15(22)23-16(2,3)4/h7-9,11,20H,10H2,1-6H3,(H,21,22). The van der Waals surface area contributed by atoms with Gasteiger partial charge in [-0.3, -0.25) is 0 Å². The van der Waals surface area contributed by atoms with Gasteiger partial charge in [0, 0.05) is 18.2 Å². The van der Waals surface area contributed by atoms with Crippen molar-refractivity contribution in [3.63, 3.8) is 0 Å². The molecule has 0 aliphatic heterocycles. The lowest BCUT2D eigenvalue weighted by Gasteiger charge is -2.30. The third kappa shape index (κ3) is 6.52. The molecule has 0 aliphatic carbocycles. The number of halogens is 2. The SMILES string of the molecule is CC(NCC(C)(C)NC(=O)OC(C)(C)C)c1c(F)cccc1F. The number of hydrogen-bond acceptors (Lipinski definition) is 3. The molecule has 1 rings (SSSR count). The fourth-order valence-electron chi connectivity index (χ4n) is 2.06.